The fraction of sp³-hybridized carbons (Fsp3) is 0.481. The topological polar surface area (TPSA) is 66.9 Å². The van der Waals surface area contributed by atoms with Crippen LogP contribution in [0.15, 0.2) is 37.1 Å². The molecule has 1 spiro atoms. The maximum Gasteiger partial charge on any atom is 0.245 e. The Hall–Kier alpha value is -3.13. The number of hydrogen-bond acceptors (Lipinski definition) is 6. The number of fused-ring (bicyclic) bond motifs is 2. The zero-order valence-electron chi connectivity index (χ0n) is 19.9. The molecule has 0 atom stereocenters. The average Bonchev–Trinajstić information content (AvgIpc) is 3.07. The van der Waals surface area contributed by atoms with Gasteiger partial charge in [0.15, 0.2) is 11.6 Å². The van der Waals surface area contributed by atoms with Gasteiger partial charge < -0.3 is 24.6 Å². The maximum atomic E-state index is 15.3. The molecule has 3 aliphatic heterocycles. The minimum Gasteiger partial charge on any atom is -0.483 e. The van der Waals surface area contributed by atoms with Crippen LogP contribution < -0.4 is 15.0 Å². The Balaban J connectivity index is 1.20. The second-order valence-electron chi connectivity index (χ2n) is 10.2. The summed E-state index contributed by atoms with van der Waals surface area (Å²) in [6.07, 6.45) is 7.24. The molecule has 7 nitrogen and oxygen atoms in total. The minimum absolute atomic E-state index is 0.0142. The fourth-order valence-corrected chi connectivity index (χ4v) is 6.15. The number of carbonyl (C=O) groups excluding carboxylic acids is 1. The maximum absolute atomic E-state index is 15.3. The lowest BCUT2D eigenvalue weighted by molar-refractivity contribution is -0.129. The van der Waals surface area contributed by atoms with Crippen molar-refractivity contribution in [2.45, 2.75) is 38.2 Å². The molecule has 184 valence electrons. The molecule has 4 aliphatic rings. The summed E-state index contributed by atoms with van der Waals surface area (Å²) < 4.78 is 26.8. The number of carbonyl (C=O) groups is 1. The van der Waals surface area contributed by atoms with Gasteiger partial charge in [-0.05, 0) is 66.9 Å². The van der Waals surface area contributed by atoms with E-state index in [2.05, 4.69) is 21.8 Å². The van der Waals surface area contributed by atoms with Gasteiger partial charge in [-0.2, -0.15) is 0 Å². The third kappa shape index (κ3) is 4.03. The van der Waals surface area contributed by atoms with E-state index in [9.17, 15) is 4.79 Å². The molecule has 2 aromatic rings. The Labute approximate surface area is 204 Å². The monoisotopic (exact) mass is 478 g/mol. The smallest absolute Gasteiger partial charge is 0.245 e. The molecular weight excluding hydrogens is 447 g/mol. The lowest BCUT2D eigenvalue weighted by atomic mass is 9.56. The standard InChI is InChI=1S/C27H31FN4O3/c1-2-24(33)32-7-4-27(5-8-32)15-19(16-27)18-13-21(28)25-22(14-18)30-26-20(17-35-25)23(3-6-29-26)31-9-11-34-12-10-31/h2-3,6,13-14,19H,1,4-5,7-12,15-17H2,(H,29,30). The number of nitrogens with zero attached hydrogens (tertiary/aromatic N) is 3. The molecular formula is C27H31FN4O3. The van der Waals surface area contributed by atoms with E-state index in [0.717, 1.165) is 68.7 Å². The highest BCUT2D eigenvalue weighted by Crippen LogP contribution is 2.57. The molecule has 1 aromatic heterocycles. The zero-order chi connectivity index (χ0) is 24.0. The molecule has 6 rings (SSSR count). The Morgan fingerprint density at radius 2 is 1.97 bits per heavy atom. The van der Waals surface area contributed by atoms with Crippen molar-refractivity contribution in [1.29, 1.82) is 0 Å². The van der Waals surface area contributed by atoms with Crippen molar-refractivity contribution >= 4 is 23.1 Å². The van der Waals surface area contributed by atoms with Crippen molar-refractivity contribution in [1.82, 2.24) is 9.88 Å². The lowest BCUT2D eigenvalue weighted by Crippen LogP contribution is -2.47. The van der Waals surface area contributed by atoms with Crippen LogP contribution >= 0.6 is 0 Å². The fourth-order valence-electron chi connectivity index (χ4n) is 6.15. The van der Waals surface area contributed by atoms with E-state index in [1.807, 2.05) is 17.0 Å². The van der Waals surface area contributed by atoms with Crippen LogP contribution in [0.25, 0.3) is 0 Å². The largest absolute Gasteiger partial charge is 0.483 e. The third-order valence-corrected chi connectivity index (χ3v) is 8.20. The molecule has 1 aliphatic carbocycles. The predicted molar refractivity (Wildman–Crippen MR) is 132 cm³/mol. The normalized spacial score (nSPS) is 21.2. The molecule has 35 heavy (non-hydrogen) atoms. The number of likely N-dealkylation sites (tertiary alicyclic amines) is 1. The zero-order valence-corrected chi connectivity index (χ0v) is 19.9. The number of morpholine rings is 1. The molecule has 8 heteroatoms. The number of aromatic nitrogens is 1. The van der Waals surface area contributed by atoms with E-state index in [1.54, 1.807) is 12.3 Å². The van der Waals surface area contributed by atoms with Crippen LogP contribution in [-0.4, -0.2) is 55.2 Å². The number of amides is 1. The predicted octanol–water partition coefficient (Wildman–Crippen LogP) is 4.37. The number of pyridine rings is 1. The Bertz CT molecular complexity index is 1150. The molecule has 1 aromatic carbocycles. The number of ether oxygens (including phenoxy) is 2. The van der Waals surface area contributed by atoms with Crippen LogP contribution in [0.1, 0.15) is 42.7 Å². The van der Waals surface area contributed by atoms with Gasteiger partial charge in [-0.25, -0.2) is 9.37 Å². The van der Waals surface area contributed by atoms with Gasteiger partial charge >= 0.3 is 0 Å². The van der Waals surface area contributed by atoms with Gasteiger partial charge in [0, 0.05) is 38.1 Å². The highest BCUT2D eigenvalue weighted by molar-refractivity contribution is 5.87. The van der Waals surface area contributed by atoms with E-state index in [1.165, 1.54) is 6.08 Å². The van der Waals surface area contributed by atoms with Gasteiger partial charge in [-0.3, -0.25) is 4.79 Å². The highest BCUT2D eigenvalue weighted by Gasteiger charge is 2.47. The van der Waals surface area contributed by atoms with Crippen molar-refractivity contribution in [3.63, 3.8) is 0 Å². The molecule has 3 fully saturated rings. The number of rotatable bonds is 3. The second-order valence-corrected chi connectivity index (χ2v) is 10.2. The number of benzene rings is 1. The summed E-state index contributed by atoms with van der Waals surface area (Å²) in [5.74, 6) is 0.963. The van der Waals surface area contributed by atoms with Gasteiger partial charge in [-0.1, -0.05) is 6.58 Å². The Kier molecular flexibility index (Phi) is 5.63. The summed E-state index contributed by atoms with van der Waals surface area (Å²) in [6, 6.07) is 5.67. The molecule has 0 radical (unpaired) electrons. The molecule has 1 saturated carbocycles. The number of halogens is 1. The first-order valence-corrected chi connectivity index (χ1v) is 12.5. The van der Waals surface area contributed by atoms with Crippen molar-refractivity contribution in [2.24, 2.45) is 5.41 Å². The SMILES string of the molecule is C=CC(=O)N1CCC2(CC1)CC(c1cc(F)c3c(c1)Nc1nccc(N4CCOCC4)c1CO3)C2. The average molecular weight is 479 g/mol. The lowest BCUT2D eigenvalue weighted by Gasteiger charge is -2.52. The second kappa shape index (κ2) is 8.82. The number of anilines is 3. The van der Waals surface area contributed by atoms with Crippen molar-refractivity contribution in [3.05, 3.63) is 54.0 Å². The summed E-state index contributed by atoms with van der Waals surface area (Å²) >= 11 is 0. The highest BCUT2D eigenvalue weighted by atomic mass is 19.1. The summed E-state index contributed by atoms with van der Waals surface area (Å²) in [5, 5.41) is 3.37. The first-order chi connectivity index (χ1) is 17.0. The van der Waals surface area contributed by atoms with E-state index in [0.29, 0.717) is 30.6 Å². The van der Waals surface area contributed by atoms with Crippen molar-refractivity contribution < 1.29 is 18.7 Å². The number of hydrogen-bond donors (Lipinski definition) is 1. The van der Waals surface area contributed by atoms with Gasteiger partial charge in [-0.15, -0.1) is 0 Å². The first kappa shape index (κ1) is 22.3. The first-order valence-electron chi connectivity index (χ1n) is 12.5. The van der Waals surface area contributed by atoms with Gasteiger partial charge in [0.1, 0.15) is 12.4 Å². The van der Waals surface area contributed by atoms with Crippen LogP contribution in [0.3, 0.4) is 0 Å². The third-order valence-electron chi connectivity index (χ3n) is 8.20. The van der Waals surface area contributed by atoms with Crippen LogP contribution in [0.4, 0.5) is 21.6 Å². The molecule has 2 saturated heterocycles. The molecule has 1 N–H and O–H groups in total. The van der Waals surface area contributed by atoms with Crippen LogP contribution in [0, 0.1) is 11.2 Å². The van der Waals surface area contributed by atoms with Crippen LogP contribution in [0.2, 0.25) is 0 Å². The summed E-state index contributed by atoms with van der Waals surface area (Å²) in [6.45, 7) is 8.41. The van der Waals surface area contributed by atoms with Gasteiger partial charge in [0.25, 0.3) is 0 Å². The quantitative estimate of drug-likeness (QED) is 0.661. The number of piperidine rings is 1. The number of nitrogens with one attached hydrogen (secondary N) is 1. The summed E-state index contributed by atoms with van der Waals surface area (Å²) in [5.41, 5.74) is 3.89. The van der Waals surface area contributed by atoms with Gasteiger partial charge in [0.2, 0.25) is 5.91 Å². The van der Waals surface area contributed by atoms with E-state index in [4.69, 9.17) is 9.47 Å². The van der Waals surface area contributed by atoms with E-state index >= 15 is 4.39 Å². The molecule has 4 heterocycles. The molecule has 1 amide bonds. The van der Waals surface area contributed by atoms with Gasteiger partial charge in [0.05, 0.1) is 24.5 Å². The molecule has 0 bridgehead atoms. The Morgan fingerprint density at radius 1 is 1.20 bits per heavy atom. The summed E-state index contributed by atoms with van der Waals surface area (Å²) in [4.78, 5) is 20.6. The molecule has 0 unspecified atom stereocenters. The van der Waals surface area contributed by atoms with E-state index < -0.39 is 0 Å². The Morgan fingerprint density at radius 3 is 2.71 bits per heavy atom. The van der Waals surface area contributed by atoms with Crippen LogP contribution in [-0.2, 0) is 16.1 Å². The van der Waals surface area contributed by atoms with E-state index in [-0.39, 0.29) is 29.5 Å². The van der Waals surface area contributed by atoms with Crippen molar-refractivity contribution in [3.8, 4) is 5.75 Å². The van der Waals surface area contributed by atoms with Crippen LogP contribution in [0.5, 0.6) is 5.75 Å². The van der Waals surface area contributed by atoms with Crippen molar-refractivity contribution in [2.75, 3.05) is 49.6 Å². The summed E-state index contributed by atoms with van der Waals surface area (Å²) in [7, 11) is 0. The minimum atomic E-state index is -0.335.